The lowest BCUT2D eigenvalue weighted by Gasteiger charge is -2.53. The van der Waals surface area contributed by atoms with E-state index < -0.39 is 68.5 Å². The van der Waals surface area contributed by atoms with Gasteiger partial charge in [0.25, 0.3) is 0 Å². The van der Waals surface area contributed by atoms with E-state index >= 15 is 0 Å². The second-order valence-electron chi connectivity index (χ2n) is 19.8. The number of hydrogen-bond acceptors (Lipinski definition) is 8. The van der Waals surface area contributed by atoms with Crippen LogP contribution in [0.15, 0.2) is 243 Å². The van der Waals surface area contributed by atoms with Crippen LogP contribution in [0.5, 0.6) is 0 Å². The largest absolute Gasteiger partial charge is 0.416 e. The average Bonchev–Trinajstić information content (AvgIpc) is 3.37. The number of rotatable bonds is 8. The number of benzene rings is 8. The Morgan fingerprint density at radius 2 is 0.278 bits per heavy atom. The quantitative estimate of drug-likeness (QED) is 0.142. The minimum absolute atomic E-state index is 0.972. The third kappa shape index (κ3) is 11.1. The summed E-state index contributed by atoms with van der Waals surface area (Å²) < 4.78 is 58.4. The molecule has 2 fully saturated rings. The van der Waals surface area contributed by atoms with Crippen molar-refractivity contribution < 1.29 is 32.9 Å². The first kappa shape index (κ1) is 52.1. The first-order valence-corrected chi connectivity index (χ1v) is 43.1. The molecule has 2 aliphatic rings. The molecule has 0 aromatic heterocycles. The summed E-state index contributed by atoms with van der Waals surface area (Å²) in [5, 5.41) is 7.77. The van der Waals surface area contributed by atoms with Crippen molar-refractivity contribution in [3.63, 3.8) is 0 Å². The van der Waals surface area contributed by atoms with Crippen molar-refractivity contribution in [2.24, 2.45) is 0 Å². The van der Waals surface area contributed by atoms with Crippen LogP contribution in [0.3, 0.4) is 0 Å². The normalized spacial score (nSPS) is 20.1. The van der Waals surface area contributed by atoms with Gasteiger partial charge in [0.15, 0.2) is 0 Å². The predicted octanol–water partition coefficient (Wildman–Crippen LogP) is 7.97. The van der Waals surface area contributed by atoms with Crippen LogP contribution in [-0.4, -0.2) is 68.5 Å². The third-order valence-electron chi connectivity index (χ3n) is 12.3. The molecular weight excluding hydrogens is 1030 g/mol. The molecule has 0 amide bonds. The van der Waals surface area contributed by atoms with Crippen molar-refractivity contribution in [2.75, 3.05) is 0 Å². The molecular formula is C56H64O8Si8. The highest BCUT2D eigenvalue weighted by molar-refractivity contribution is 7.16. The van der Waals surface area contributed by atoms with Gasteiger partial charge in [-0.05, 0) is 93.9 Å². The highest BCUT2D eigenvalue weighted by atomic mass is 28.5. The second-order valence-corrected chi connectivity index (χ2v) is 47.1. The smallest absolute Gasteiger partial charge is 0.390 e. The van der Waals surface area contributed by atoms with Gasteiger partial charge in [0.1, 0.15) is 0 Å². The van der Waals surface area contributed by atoms with Crippen molar-refractivity contribution in [3.8, 4) is 0 Å². The zero-order valence-electron chi connectivity index (χ0n) is 42.4. The Morgan fingerprint density at radius 3 is 0.389 bits per heavy atom. The zero-order chi connectivity index (χ0) is 50.6. The summed E-state index contributed by atoms with van der Waals surface area (Å²) in [6, 6.07) is 84.2. The highest BCUT2D eigenvalue weighted by Crippen LogP contribution is 2.33. The van der Waals surface area contributed by atoms with Gasteiger partial charge in [-0.3, -0.25) is 0 Å². The zero-order valence-corrected chi connectivity index (χ0v) is 50.4. The van der Waals surface area contributed by atoms with Gasteiger partial charge in [-0.2, -0.15) is 0 Å². The summed E-state index contributed by atoms with van der Waals surface area (Å²) in [7, 11) is -24.0. The molecule has 72 heavy (non-hydrogen) atoms. The van der Waals surface area contributed by atoms with E-state index in [0.717, 1.165) is 41.5 Å². The minimum Gasteiger partial charge on any atom is -0.416 e. The third-order valence-corrected chi connectivity index (χ3v) is 46.0. The summed E-state index contributed by atoms with van der Waals surface area (Å²) >= 11 is 0. The molecule has 10 rings (SSSR count). The van der Waals surface area contributed by atoms with E-state index in [1.54, 1.807) is 0 Å². The van der Waals surface area contributed by atoms with Gasteiger partial charge in [-0.1, -0.05) is 243 Å². The predicted molar refractivity (Wildman–Crippen MR) is 310 cm³/mol. The lowest BCUT2D eigenvalue weighted by Crippen LogP contribution is -2.88. The maximum absolute atomic E-state index is 8.43. The van der Waals surface area contributed by atoms with Crippen LogP contribution in [0.2, 0.25) is 52.4 Å². The van der Waals surface area contributed by atoms with Crippen LogP contribution < -0.4 is 41.5 Å². The topological polar surface area (TPSA) is 73.8 Å². The molecule has 0 unspecified atom stereocenters. The Labute approximate surface area is 435 Å². The molecule has 8 aromatic carbocycles. The maximum atomic E-state index is 8.43. The fourth-order valence-corrected chi connectivity index (χ4v) is 53.9. The van der Waals surface area contributed by atoms with Crippen LogP contribution in [0, 0.1) is 0 Å². The molecule has 8 nitrogen and oxygen atoms in total. The molecule has 0 spiro atoms. The van der Waals surface area contributed by atoms with Gasteiger partial charge in [0.05, 0.1) is 0 Å². The van der Waals surface area contributed by atoms with Crippen LogP contribution in [0.25, 0.3) is 0 Å². The molecule has 0 atom stereocenters. The van der Waals surface area contributed by atoms with E-state index in [1.165, 1.54) is 0 Å². The minimum atomic E-state index is -3.89. The molecule has 8 aromatic rings. The van der Waals surface area contributed by atoms with Gasteiger partial charge in [0.2, 0.25) is 0 Å². The van der Waals surface area contributed by atoms with E-state index in [1.807, 2.05) is 48.5 Å². The Morgan fingerprint density at radius 1 is 0.167 bits per heavy atom. The van der Waals surface area contributed by atoms with Gasteiger partial charge in [-0.15, -0.1) is 0 Å². The first-order chi connectivity index (χ1) is 34.5. The number of hydrogen-bond donors (Lipinski definition) is 0. The van der Waals surface area contributed by atoms with Crippen molar-refractivity contribution in [1.82, 2.24) is 0 Å². The molecule has 2 heterocycles. The van der Waals surface area contributed by atoms with Crippen molar-refractivity contribution >= 4 is 110 Å². The standard InChI is InChI=1S/C48H40O4Si4.C8H24O4Si4/c1-9-25-41(26-10-1)53(42-27-11-2-12-28-42)49-54(43-29-13-3-14-30-43,44-31-15-4-16-32-44)51-56(47-37-21-7-22-38-47,48-39-23-8-24-40-48)52-55(50-53,45-33-17-5-18-34-45)46-35-19-6-20-36-46;1-13(2)9-14(3,4)11-16(7,8)12-15(5,6)10-13/h1-40H;1-8H3. The molecule has 0 saturated carbocycles. The van der Waals surface area contributed by atoms with Crippen LogP contribution in [0.4, 0.5) is 0 Å². The first-order valence-electron chi connectivity index (χ1n) is 24.6. The fourth-order valence-electron chi connectivity index (χ4n) is 10.2. The Hall–Kier alpha value is -4.82. The Kier molecular flexibility index (Phi) is 15.3. The summed E-state index contributed by atoms with van der Waals surface area (Å²) in [6.07, 6.45) is 0. The molecule has 16 heteroatoms. The monoisotopic (exact) mass is 1090 g/mol. The van der Waals surface area contributed by atoms with E-state index in [2.05, 4.69) is 246 Å². The Bertz CT molecular complexity index is 2380. The summed E-state index contributed by atoms with van der Waals surface area (Å²) in [5.74, 6) is 0. The molecule has 2 aliphatic heterocycles. The van der Waals surface area contributed by atoms with Crippen LogP contribution >= 0.6 is 0 Å². The lowest BCUT2D eigenvalue weighted by atomic mass is 10.4. The molecule has 368 valence electrons. The van der Waals surface area contributed by atoms with Crippen LogP contribution in [-0.2, 0) is 32.9 Å². The molecule has 2 saturated heterocycles. The van der Waals surface area contributed by atoms with E-state index in [-0.39, 0.29) is 0 Å². The van der Waals surface area contributed by atoms with Crippen molar-refractivity contribution in [1.29, 1.82) is 0 Å². The van der Waals surface area contributed by atoms with Gasteiger partial charge in [0, 0.05) is 0 Å². The Balaban J connectivity index is 0.000000343. The molecule has 0 bridgehead atoms. The molecule has 0 N–H and O–H groups in total. The lowest BCUT2D eigenvalue weighted by molar-refractivity contribution is 0.238. The highest BCUT2D eigenvalue weighted by Gasteiger charge is 2.68. The van der Waals surface area contributed by atoms with Crippen molar-refractivity contribution in [3.05, 3.63) is 243 Å². The van der Waals surface area contributed by atoms with E-state index in [9.17, 15) is 0 Å². The van der Waals surface area contributed by atoms with Crippen molar-refractivity contribution in [2.45, 2.75) is 52.4 Å². The van der Waals surface area contributed by atoms with E-state index in [4.69, 9.17) is 32.9 Å². The van der Waals surface area contributed by atoms with Gasteiger partial charge >= 0.3 is 68.5 Å². The van der Waals surface area contributed by atoms with Crippen LogP contribution in [0.1, 0.15) is 0 Å². The molecule has 0 radical (unpaired) electrons. The fraction of sp³-hybridized carbons (Fsp3) is 0.143. The molecule has 0 aliphatic carbocycles. The maximum Gasteiger partial charge on any atom is 0.390 e. The summed E-state index contributed by atoms with van der Waals surface area (Å²) in [4.78, 5) is 0. The van der Waals surface area contributed by atoms with Gasteiger partial charge < -0.3 is 32.9 Å². The average molecular weight is 1090 g/mol. The SMILES string of the molecule is C[Si]1(C)O[Si](C)(C)O[Si](C)(C)O[Si](C)(C)O1.c1ccc([Si]2(c3ccccc3)O[Si](c3ccccc3)(c3ccccc3)O[Si](c3ccccc3)(c3ccccc3)O[Si](c3ccccc3)(c3ccccc3)O2)cc1. The van der Waals surface area contributed by atoms with Gasteiger partial charge in [-0.25, -0.2) is 0 Å². The summed E-state index contributed by atoms with van der Waals surface area (Å²) in [5.41, 5.74) is 0. The van der Waals surface area contributed by atoms with E-state index in [0.29, 0.717) is 0 Å². The second kappa shape index (κ2) is 21.2. The summed E-state index contributed by atoms with van der Waals surface area (Å²) in [6.45, 7) is 16.6.